The van der Waals surface area contributed by atoms with Crippen LogP contribution in [0.25, 0.3) is 0 Å². The van der Waals surface area contributed by atoms with Crippen molar-refractivity contribution in [2.45, 2.75) is 13.3 Å². The number of carbonyl (C=O) groups is 2. The van der Waals surface area contributed by atoms with E-state index in [9.17, 15) is 9.59 Å². The van der Waals surface area contributed by atoms with E-state index in [1.54, 1.807) is 42.5 Å². The lowest BCUT2D eigenvalue weighted by molar-refractivity contribution is 0.0729. The van der Waals surface area contributed by atoms with Gasteiger partial charge in [0, 0.05) is 0 Å². The van der Waals surface area contributed by atoms with E-state index in [1.807, 2.05) is 6.92 Å². The van der Waals surface area contributed by atoms with E-state index in [0.717, 1.165) is 6.42 Å². The fourth-order valence-electron chi connectivity index (χ4n) is 2.09. The first-order chi connectivity index (χ1) is 13.0. The Morgan fingerprint density at radius 2 is 1.89 bits per heavy atom. The molecule has 27 heavy (non-hydrogen) atoms. The minimum atomic E-state index is -0.769. The standard InChI is InChI=1S/C19H21N3O5/c1-3-10-26-15-7-5-14(6-8-15)18(23)27-16-9-4-13(11-17(16)25-2)12-21-22-19(20)24/h4-9,11-12H,3,10H2,1-2H3,(H3,20,22,24)/b21-12-. The number of nitrogens with two attached hydrogens (primary N) is 1. The van der Waals surface area contributed by atoms with E-state index >= 15 is 0 Å². The summed E-state index contributed by atoms with van der Waals surface area (Å²) in [4.78, 5) is 22.9. The van der Waals surface area contributed by atoms with Gasteiger partial charge in [-0.2, -0.15) is 5.10 Å². The van der Waals surface area contributed by atoms with Gasteiger partial charge < -0.3 is 19.9 Å². The van der Waals surface area contributed by atoms with Gasteiger partial charge in [0.1, 0.15) is 5.75 Å². The maximum absolute atomic E-state index is 12.3. The van der Waals surface area contributed by atoms with Crippen molar-refractivity contribution in [3.63, 3.8) is 0 Å². The third kappa shape index (κ3) is 6.03. The Labute approximate surface area is 156 Å². The number of hydrogen-bond donors (Lipinski definition) is 2. The van der Waals surface area contributed by atoms with Crippen molar-refractivity contribution in [2.75, 3.05) is 13.7 Å². The lowest BCUT2D eigenvalue weighted by atomic mass is 10.2. The van der Waals surface area contributed by atoms with E-state index in [0.29, 0.717) is 29.2 Å². The largest absolute Gasteiger partial charge is 0.494 e. The van der Waals surface area contributed by atoms with Crippen LogP contribution >= 0.6 is 0 Å². The molecule has 2 aromatic rings. The Balaban J connectivity index is 2.08. The predicted octanol–water partition coefficient (Wildman–Crippen LogP) is 2.71. The first-order valence-electron chi connectivity index (χ1n) is 8.25. The molecule has 2 amide bonds. The summed E-state index contributed by atoms with van der Waals surface area (Å²) < 4.78 is 16.1. The number of primary amides is 1. The molecule has 0 aliphatic rings. The molecule has 0 fully saturated rings. The Bertz CT molecular complexity index is 819. The molecule has 8 nitrogen and oxygen atoms in total. The summed E-state index contributed by atoms with van der Waals surface area (Å²) in [5.74, 6) is 0.773. The van der Waals surface area contributed by atoms with Gasteiger partial charge in [-0.25, -0.2) is 15.0 Å². The summed E-state index contributed by atoms with van der Waals surface area (Å²) in [6.45, 7) is 2.64. The second-order valence-electron chi connectivity index (χ2n) is 5.41. The number of ether oxygens (including phenoxy) is 3. The van der Waals surface area contributed by atoms with Crippen LogP contribution in [0.15, 0.2) is 47.6 Å². The summed E-state index contributed by atoms with van der Waals surface area (Å²) in [5.41, 5.74) is 8.02. The van der Waals surface area contributed by atoms with Gasteiger partial charge in [-0.1, -0.05) is 6.92 Å². The average molecular weight is 371 g/mol. The Kier molecular flexibility index (Phi) is 7.18. The van der Waals surface area contributed by atoms with E-state index in [4.69, 9.17) is 19.9 Å². The zero-order chi connectivity index (χ0) is 19.6. The van der Waals surface area contributed by atoms with Gasteiger partial charge in [0.15, 0.2) is 11.5 Å². The zero-order valence-electron chi connectivity index (χ0n) is 15.1. The number of nitrogens with one attached hydrogen (secondary N) is 1. The lowest BCUT2D eigenvalue weighted by Gasteiger charge is -2.10. The van der Waals surface area contributed by atoms with Gasteiger partial charge in [0.05, 0.1) is 25.5 Å². The highest BCUT2D eigenvalue weighted by molar-refractivity contribution is 5.91. The van der Waals surface area contributed by atoms with Crippen LogP contribution in [0.4, 0.5) is 4.79 Å². The van der Waals surface area contributed by atoms with E-state index in [1.165, 1.54) is 13.3 Å². The molecule has 0 saturated carbocycles. The minimum Gasteiger partial charge on any atom is -0.494 e. The summed E-state index contributed by atoms with van der Waals surface area (Å²) in [6, 6.07) is 10.8. The zero-order valence-corrected chi connectivity index (χ0v) is 15.1. The molecule has 0 aliphatic heterocycles. The fraction of sp³-hybridized carbons (Fsp3) is 0.211. The van der Waals surface area contributed by atoms with Crippen LogP contribution < -0.4 is 25.4 Å². The van der Waals surface area contributed by atoms with Gasteiger partial charge in [0.2, 0.25) is 0 Å². The van der Waals surface area contributed by atoms with Crippen molar-refractivity contribution in [3.8, 4) is 17.2 Å². The summed E-state index contributed by atoms with van der Waals surface area (Å²) >= 11 is 0. The predicted molar refractivity (Wildman–Crippen MR) is 100 cm³/mol. The number of methoxy groups -OCH3 is 1. The molecule has 0 saturated heterocycles. The van der Waals surface area contributed by atoms with Crippen LogP contribution in [0.3, 0.4) is 0 Å². The summed E-state index contributed by atoms with van der Waals surface area (Å²) in [6.07, 6.45) is 2.29. The molecule has 0 aliphatic carbocycles. The number of amides is 2. The molecule has 0 aromatic heterocycles. The first-order valence-corrected chi connectivity index (χ1v) is 8.25. The van der Waals surface area contributed by atoms with E-state index in [-0.39, 0.29) is 5.75 Å². The van der Waals surface area contributed by atoms with Gasteiger partial charge in [-0.15, -0.1) is 0 Å². The van der Waals surface area contributed by atoms with Gasteiger partial charge in [0.25, 0.3) is 0 Å². The molecule has 3 N–H and O–H groups in total. The smallest absolute Gasteiger partial charge is 0.343 e. The highest BCUT2D eigenvalue weighted by Gasteiger charge is 2.13. The Hall–Kier alpha value is -3.55. The quantitative estimate of drug-likeness (QED) is 0.321. The molecule has 2 rings (SSSR count). The monoisotopic (exact) mass is 371 g/mol. The maximum atomic E-state index is 12.3. The molecule has 2 aromatic carbocycles. The summed E-state index contributed by atoms with van der Waals surface area (Å²) in [5, 5.41) is 3.66. The molecular weight excluding hydrogens is 350 g/mol. The van der Waals surface area contributed by atoms with Crippen LogP contribution in [-0.4, -0.2) is 31.9 Å². The van der Waals surface area contributed by atoms with Crippen molar-refractivity contribution < 1.29 is 23.8 Å². The molecule has 0 heterocycles. The van der Waals surface area contributed by atoms with Crippen molar-refractivity contribution in [1.29, 1.82) is 0 Å². The number of hydrogen-bond acceptors (Lipinski definition) is 6. The number of urea groups is 1. The van der Waals surface area contributed by atoms with Crippen molar-refractivity contribution in [2.24, 2.45) is 10.8 Å². The molecule has 0 bridgehead atoms. The van der Waals surface area contributed by atoms with Gasteiger partial charge in [-0.3, -0.25) is 0 Å². The highest BCUT2D eigenvalue weighted by Crippen LogP contribution is 2.28. The summed E-state index contributed by atoms with van der Waals surface area (Å²) in [7, 11) is 1.45. The van der Waals surface area contributed by atoms with E-state index < -0.39 is 12.0 Å². The number of hydrazone groups is 1. The molecule has 8 heteroatoms. The third-order valence-corrected chi connectivity index (χ3v) is 3.34. The fourth-order valence-corrected chi connectivity index (χ4v) is 2.09. The van der Waals surface area contributed by atoms with Crippen LogP contribution in [-0.2, 0) is 0 Å². The van der Waals surface area contributed by atoms with Crippen molar-refractivity contribution >= 4 is 18.2 Å². The number of benzene rings is 2. The first kappa shape index (κ1) is 19.8. The lowest BCUT2D eigenvalue weighted by Crippen LogP contribution is -2.24. The Morgan fingerprint density at radius 1 is 1.15 bits per heavy atom. The average Bonchev–Trinajstić information content (AvgIpc) is 2.67. The molecular formula is C19H21N3O5. The second-order valence-corrected chi connectivity index (χ2v) is 5.41. The number of carbonyl (C=O) groups excluding carboxylic acids is 2. The topological polar surface area (TPSA) is 112 Å². The molecule has 0 atom stereocenters. The normalized spacial score (nSPS) is 10.4. The number of rotatable bonds is 8. The minimum absolute atomic E-state index is 0.258. The van der Waals surface area contributed by atoms with Crippen LogP contribution in [0.5, 0.6) is 17.2 Å². The second kappa shape index (κ2) is 9.81. The van der Waals surface area contributed by atoms with E-state index in [2.05, 4.69) is 10.5 Å². The van der Waals surface area contributed by atoms with Crippen LogP contribution in [0, 0.1) is 0 Å². The van der Waals surface area contributed by atoms with Crippen LogP contribution in [0.2, 0.25) is 0 Å². The third-order valence-electron chi connectivity index (χ3n) is 3.34. The molecule has 0 spiro atoms. The SMILES string of the molecule is CCCOc1ccc(C(=O)Oc2ccc(/C=N\NC(N)=O)cc2OC)cc1. The number of esters is 1. The van der Waals surface area contributed by atoms with Crippen molar-refractivity contribution in [3.05, 3.63) is 53.6 Å². The van der Waals surface area contributed by atoms with Crippen LogP contribution in [0.1, 0.15) is 29.3 Å². The maximum Gasteiger partial charge on any atom is 0.343 e. The Morgan fingerprint density at radius 3 is 2.52 bits per heavy atom. The molecule has 0 unspecified atom stereocenters. The molecule has 0 radical (unpaired) electrons. The van der Waals surface area contributed by atoms with Gasteiger partial charge >= 0.3 is 12.0 Å². The number of nitrogens with zero attached hydrogens (tertiary/aromatic N) is 1. The van der Waals surface area contributed by atoms with Crippen molar-refractivity contribution in [1.82, 2.24) is 5.43 Å². The van der Waals surface area contributed by atoms with Gasteiger partial charge in [-0.05, 0) is 54.4 Å². The highest BCUT2D eigenvalue weighted by atomic mass is 16.6. The molecule has 142 valence electrons.